The molecule has 0 bridgehead atoms. The van der Waals surface area contributed by atoms with E-state index in [1.54, 1.807) is 24.1 Å². The van der Waals surface area contributed by atoms with Gasteiger partial charge in [-0.1, -0.05) is 29.3 Å². The lowest BCUT2D eigenvalue weighted by atomic mass is 10.1. The standard InChI is InChI=1S/C20H21Cl2FN2O2/c1-13(17-10-7-15(21)12-18(17)22)25(2)19(26)4-3-11-24-20(27)14-5-8-16(23)9-6-14/h5-10,12-13H,3-4,11H2,1-2H3,(H,24,27). The highest BCUT2D eigenvalue weighted by molar-refractivity contribution is 6.35. The highest BCUT2D eigenvalue weighted by atomic mass is 35.5. The summed E-state index contributed by atoms with van der Waals surface area (Å²) in [6.45, 7) is 2.25. The second-order valence-corrected chi connectivity index (χ2v) is 7.06. The summed E-state index contributed by atoms with van der Waals surface area (Å²) in [6.07, 6.45) is 0.785. The van der Waals surface area contributed by atoms with Crippen molar-refractivity contribution in [3.8, 4) is 0 Å². The first-order chi connectivity index (χ1) is 12.8. The summed E-state index contributed by atoms with van der Waals surface area (Å²) in [5, 5.41) is 3.78. The SMILES string of the molecule is CC(c1ccc(Cl)cc1Cl)N(C)C(=O)CCCNC(=O)c1ccc(F)cc1. The Morgan fingerprint density at radius 3 is 2.44 bits per heavy atom. The highest BCUT2D eigenvalue weighted by Crippen LogP contribution is 2.29. The third kappa shape index (κ3) is 5.94. The molecular weight excluding hydrogens is 390 g/mol. The van der Waals surface area contributed by atoms with Crippen LogP contribution in [0.4, 0.5) is 4.39 Å². The van der Waals surface area contributed by atoms with Gasteiger partial charge >= 0.3 is 0 Å². The molecule has 0 aliphatic heterocycles. The number of hydrogen-bond acceptors (Lipinski definition) is 2. The van der Waals surface area contributed by atoms with E-state index in [1.165, 1.54) is 24.3 Å². The van der Waals surface area contributed by atoms with Crippen molar-refractivity contribution in [3.63, 3.8) is 0 Å². The molecule has 2 amide bonds. The second-order valence-electron chi connectivity index (χ2n) is 6.21. The van der Waals surface area contributed by atoms with Crippen LogP contribution in [-0.4, -0.2) is 30.3 Å². The molecule has 4 nitrogen and oxygen atoms in total. The minimum absolute atomic E-state index is 0.0513. The molecule has 0 aliphatic carbocycles. The number of benzene rings is 2. The van der Waals surface area contributed by atoms with E-state index >= 15 is 0 Å². The van der Waals surface area contributed by atoms with Gasteiger partial charge in [0.05, 0.1) is 6.04 Å². The van der Waals surface area contributed by atoms with Crippen LogP contribution in [0.25, 0.3) is 0 Å². The fourth-order valence-electron chi connectivity index (χ4n) is 2.59. The predicted octanol–water partition coefficient (Wildman–Crippen LogP) is 4.86. The van der Waals surface area contributed by atoms with Gasteiger partial charge in [0.25, 0.3) is 5.91 Å². The average molecular weight is 411 g/mol. The van der Waals surface area contributed by atoms with E-state index in [0.717, 1.165) is 5.56 Å². The zero-order chi connectivity index (χ0) is 20.0. The molecule has 0 radical (unpaired) electrons. The van der Waals surface area contributed by atoms with Crippen LogP contribution >= 0.6 is 23.2 Å². The van der Waals surface area contributed by atoms with Crippen LogP contribution < -0.4 is 5.32 Å². The molecule has 0 aromatic heterocycles. The van der Waals surface area contributed by atoms with E-state index in [0.29, 0.717) is 28.6 Å². The monoisotopic (exact) mass is 410 g/mol. The Balaban J connectivity index is 1.80. The summed E-state index contributed by atoms with van der Waals surface area (Å²) in [5.41, 5.74) is 1.20. The first-order valence-electron chi connectivity index (χ1n) is 8.54. The zero-order valence-corrected chi connectivity index (χ0v) is 16.6. The largest absolute Gasteiger partial charge is 0.352 e. The minimum atomic E-state index is -0.393. The third-order valence-corrected chi connectivity index (χ3v) is 4.91. The zero-order valence-electron chi connectivity index (χ0n) is 15.1. The Labute approximate surface area is 168 Å². The van der Waals surface area contributed by atoms with E-state index in [-0.39, 0.29) is 24.3 Å². The van der Waals surface area contributed by atoms with Gasteiger partial charge in [0.15, 0.2) is 0 Å². The number of carbonyl (C=O) groups is 2. The van der Waals surface area contributed by atoms with Crippen molar-refractivity contribution in [1.29, 1.82) is 0 Å². The van der Waals surface area contributed by atoms with Crippen LogP contribution in [0.5, 0.6) is 0 Å². The number of hydrogen-bond donors (Lipinski definition) is 1. The van der Waals surface area contributed by atoms with Gasteiger partial charge in [0.1, 0.15) is 5.82 Å². The van der Waals surface area contributed by atoms with Crippen LogP contribution in [0.1, 0.15) is 41.7 Å². The van der Waals surface area contributed by atoms with Gasteiger partial charge in [-0.15, -0.1) is 0 Å². The van der Waals surface area contributed by atoms with Gasteiger partial charge < -0.3 is 10.2 Å². The Morgan fingerprint density at radius 2 is 1.81 bits per heavy atom. The lowest BCUT2D eigenvalue weighted by Gasteiger charge is -2.26. The maximum absolute atomic E-state index is 12.9. The first kappa shape index (κ1) is 21.2. The number of halogens is 3. The normalized spacial score (nSPS) is 11.7. The van der Waals surface area contributed by atoms with E-state index in [4.69, 9.17) is 23.2 Å². The average Bonchev–Trinajstić information content (AvgIpc) is 2.64. The second kappa shape index (κ2) is 9.72. The number of nitrogens with zero attached hydrogens (tertiary/aromatic N) is 1. The Kier molecular flexibility index (Phi) is 7.63. The molecule has 0 spiro atoms. The predicted molar refractivity (Wildman–Crippen MR) is 106 cm³/mol. The van der Waals surface area contributed by atoms with E-state index < -0.39 is 5.82 Å². The number of rotatable bonds is 7. The first-order valence-corrected chi connectivity index (χ1v) is 9.29. The summed E-state index contributed by atoms with van der Waals surface area (Å²) in [4.78, 5) is 26.0. The molecule has 0 saturated heterocycles. The van der Waals surface area contributed by atoms with Crippen LogP contribution in [0, 0.1) is 5.82 Å². The lowest BCUT2D eigenvalue weighted by Crippen LogP contribution is -2.31. The van der Waals surface area contributed by atoms with Crippen LogP contribution in [-0.2, 0) is 4.79 Å². The van der Waals surface area contributed by atoms with Gasteiger partial charge in [-0.05, 0) is 55.3 Å². The number of carbonyl (C=O) groups excluding carboxylic acids is 2. The fraction of sp³-hybridized carbons (Fsp3) is 0.300. The van der Waals surface area contributed by atoms with Crippen molar-refractivity contribution in [2.24, 2.45) is 0 Å². The molecule has 0 saturated carbocycles. The van der Waals surface area contributed by atoms with Crippen LogP contribution in [0.2, 0.25) is 10.0 Å². The van der Waals surface area contributed by atoms with E-state index in [9.17, 15) is 14.0 Å². The topological polar surface area (TPSA) is 49.4 Å². The minimum Gasteiger partial charge on any atom is -0.352 e. The molecule has 144 valence electrons. The van der Waals surface area contributed by atoms with Gasteiger partial charge in [-0.3, -0.25) is 9.59 Å². The molecule has 1 unspecified atom stereocenters. The summed E-state index contributed by atoms with van der Waals surface area (Å²) in [7, 11) is 1.72. The van der Waals surface area contributed by atoms with Crippen molar-refractivity contribution in [3.05, 3.63) is 69.5 Å². The molecule has 2 rings (SSSR count). The molecule has 2 aromatic rings. The molecule has 7 heteroatoms. The van der Waals surface area contributed by atoms with Crippen molar-refractivity contribution in [2.75, 3.05) is 13.6 Å². The number of nitrogens with one attached hydrogen (secondary N) is 1. The lowest BCUT2D eigenvalue weighted by molar-refractivity contribution is -0.131. The molecule has 0 aliphatic rings. The molecular formula is C20H21Cl2FN2O2. The quantitative estimate of drug-likeness (QED) is 0.662. The van der Waals surface area contributed by atoms with Gasteiger partial charge in [-0.2, -0.15) is 0 Å². The maximum atomic E-state index is 12.9. The molecule has 27 heavy (non-hydrogen) atoms. The Bertz CT molecular complexity index is 812. The van der Waals surface area contributed by atoms with E-state index in [2.05, 4.69) is 5.32 Å². The summed E-state index contributed by atoms with van der Waals surface area (Å²) >= 11 is 12.1. The van der Waals surface area contributed by atoms with Crippen molar-refractivity contribution < 1.29 is 14.0 Å². The summed E-state index contributed by atoms with van der Waals surface area (Å²) in [6, 6.07) is 10.3. The molecule has 2 aromatic carbocycles. The van der Waals surface area contributed by atoms with E-state index in [1.807, 2.05) is 13.0 Å². The van der Waals surface area contributed by atoms with Gasteiger partial charge in [0.2, 0.25) is 5.91 Å². The van der Waals surface area contributed by atoms with Crippen molar-refractivity contribution >= 4 is 35.0 Å². The molecule has 0 fully saturated rings. The maximum Gasteiger partial charge on any atom is 0.251 e. The number of amides is 2. The van der Waals surface area contributed by atoms with Crippen LogP contribution in [0.15, 0.2) is 42.5 Å². The smallest absolute Gasteiger partial charge is 0.251 e. The summed E-state index contributed by atoms with van der Waals surface area (Å²) in [5.74, 6) is -0.739. The molecule has 0 heterocycles. The Hall–Kier alpha value is -2.11. The molecule has 1 atom stereocenters. The summed E-state index contributed by atoms with van der Waals surface area (Å²) < 4.78 is 12.9. The third-order valence-electron chi connectivity index (χ3n) is 4.35. The van der Waals surface area contributed by atoms with Crippen molar-refractivity contribution in [1.82, 2.24) is 10.2 Å². The fourth-order valence-corrected chi connectivity index (χ4v) is 3.15. The Morgan fingerprint density at radius 1 is 1.15 bits per heavy atom. The van der Waals surface area contributed by atoms with Gasteiger partial charge in [0, 0.05) is 35.6 Å². The van der Waals surface area contributed by atoms with Gasteiger partial charge in [-0.25, -0.2) is 4.39 Å². The van der Waals surface area contributed by atoms with Crippen molar-refractivity contribution in [2.45, 2.75) is 25.8 Å². The highest BCUT2D eigenvalue weighted by Gasteiger charge is 2.19. The van der Waals surface area contributed by atoms with Crippen LogP contribution in [0.3, 0.4) is 0 Å². The molecule has 1 N–H and O–H groups in total.